The molecular weight excluding hydrogens is 336 g/mol. The molecule has 150 valence electrons. The minimum atomic E-state index is 0.0477. The second kappa shape index (κ2) is 10.2. The van der Waals surface area contributed by atoms with Gasteiger partial charge in [-0.25, -0.2) is 0 Å². The number of nitrogens with zero attached hydrogens (tertiary/aromatic N) is 3. The van der Waals surface area contributed by atoms with E-state index >= 15 is 0 Å². The largest absolute Gasteiger partial charge is 0.352 e. The number of likely N-dealkylation sites (N-methyl/N-ethyl adjacent to an activating group) is 1. The summed E-state index contributed by atoms with van der Waals surface area (Å²) in [7, 11) is 2.18. The molecule has 1 atom stereocenters. The van der Waals surface area contributed by atoms with Crippen molar-refractivity contribution in [3.63, 3.8) is 0 Å². The first kappa shape index (κ1) is 20.3. The summed E-state index contributed by atoms with van der Waals surface area (Å²) in [6.45, 7) is 12.1. The van der Waals surface area contributed by atoms with Gasteiger partial charge >= 0.3 is 0 Å². The number of piperazine rings is 1. The Morgan fingerprint density at radius 1 is 1.07 bits per heavy atom. The van der Waals surface area contributed by atoms with Crippen LogP contribution in [0.15, 0.2) is 24.3 Å². The lowest BCUT2D eigenvalue weighted by atomic mass is 9.99. The molecule has 2 fully saturated rings. The molecule has 1 amide bonds. The molecule has 2 saturated heterocycles. The van der Waals surface area contributed by atoms with Gasteiger partial charge < -0.3 is 15.1 Å². The maximum atomic E-state index is 12.3. The number of carbonyl (C=O) groups excluding carboxylic acids is 1. The molecule has 1 N–H and O–H groups in total. The fraction of sp³-hybridized carbons (Fsp3) is 0.682. The van der Waals surface area contributed by atoms with Crippen LogP contribution in [-0.2, 0) is 6.54 Å². The third-order valence-corrected chi connectivity index (χ3v) is 5.90. The molecule has 1 aromatic carbocycles. The summed E-state index contributed by atoms with van der Waals surface area (Å²) in [5.74, 6) is 0.848. The fourth-order valence-corrected chi connectivity index (χ4v) is 4.13. The Labute approximate surface area is 164 Å². The molecule has 2 heterocycles. The fourth-order valence-electron chi connectivity index (χ4n) is 4.13. The standard InChI is InChI=1S/C22H36N4O/c1-19-5-3-11-26(17-19)18-20-6-8-21(9-7-20)22(27)23-10-4-12-25-15-13-24(2)14-16-25/h6-9,19H,3-5,10-18H2,1-2H3,(H,23,27)/t19-/m0/s1. The number of nitrogens with one attached hydrogen (secondary N) is 1. The van der Waals surface area contributed by atoms with Crippen LogP contribution in [0.25, 0.3) is 0 Å². The van der Waals surface area contributed by atoms with Crippen molar-refractivity contribution in [3.8, 4) is 0 Å². The molecule has 0 radical (unpaired) electrons. The third kappa shape index (κ3) is 6.59. The van der Waals surface area contributed by atoms with Gasteiger partial charge in [-0.2, -0.15) is 0 Å². The van der Waals surface area contributed by atoms with Gasteiger partial charge in [-0.3, -0.25) is 9.69 Å². The monoisotopic (exact) mass is 372 g/mol. The summed E-state index contributed by atoms with van der Waals surface area (Å²) >= 11 is 0. The Kier molecular flexibility index (Phi) is 7.68. The van der Waals surface area contributed by atoms with E-state index in [2.05, 4.69) is 46.1 Å². The van der Waals surface area contributed by atoms with Gasteiger partial charge in [-0.15, -0.1) is 0 Å². The van der Waals surface area contributed by atoms with Gasteiger partial charge in [0.05, 0.1) is 0 Å². The summed E-state index contributed by atoms with van der Waals surface area (Å²) in [6.07, 6.45) is 3.67. The molecule has 3 rings (SSSR count). The SMILES string of the molecule is C[C@H]1CCCN(Cc2ccc(C(=O)NCCCN3CCN(C)CC3)cc2)C1. The average Bonchev–Trinajstić information content (AvgIpc) is 2.67. The molecule has 0 aliphatic carbocycles. The van der Waals surface area contributed by atoms with E-state index in [1.54, 1.807) is 0 Å². The second-order valence-electron chi connectivity index (χ2n) is 8.43. The van der Waals surface area contributed by atoms with Crippen molar-refractivity contribution in [3.05, 3.63) is 35.4 Å². The Balaban J connectivity index is 1.36. The normalized spacial score (nSPS) is 22.7. The van der Waals surface area contributed by atoms with Crippen LogP contribution < -0.4 is 5.32 Å². The van der Waals surface area contributed by atoms with Gasteiger partial charge in [0.15, 0.2) is 0 Å². The molecular formula is C22H36N4O. The molecule has 0 unspecified atom stereocenters. The Hall–Kier alpha value is -1.43. The van der Waals surface area contributed by atoms with E-state index in [0.717, 1.165) is 63.7 Å². The van der Waals surface area contributed by atoms with Crippen LogP contribution in [0, 0.1) is 5.92 Å². The van der Waals surface area contributed by atoms with E-state index in [-0.39, 0.29) is 5.91 Å². The lowest BCUT2D eigenvalue weighted by Gasteiger charge is -2.32. The van der Waals surface area contributed by atoms with Gasteiger partial charge in [0, 0.05) is 51.4 Å². The molecule has 2 aliphatic rings. The highest BCUT2D eigenvalue weighted by atomic mass is 16.1. The highest BCUT2D eigenvalue weighted by Gasteiger charge is 2.16. The predicted molar refractivity (Wildman–Crippen MR) is 111 cm³/mol. The van der Waals surface area contributed by atoms with Gasteiger partial charge in [0.1, 0.15) is 0 Å². The maximum Gasteiger partial charge on any atom is 0.251 e. The molecule has 0 spiro atoms. The average molecular weight is 373 g/mol. The van der Waals surface area contributed by atoms with E-state index < -0.39 is 0 Å². The summed E-state index contributed by atoms with van der Waals surface area (Å²) in [5.41, 5.74) is 2.07. The number of piperidine rings is 1. The molecule has 1 aromatic rings. The van der Waals surface area contributed by atoms with Crippen molar-refractivity contribution in [2.45, 2.75) is 32.7 Å². The number of amides is 1. The number of carbonyl (C=O) groups is 1. The maximum absolute atomic E-state index is 12.3. The summed E-state index contributed by atoms with van der Waals surface area (Å²) < 4.78 is 0. The van der Waals surface area contributed by atoms with Crippen LogP contribution in [0.4, 0.5) is 0 Å². The van der Waals surface area contributed by atoms with E-state index in [0.29, 0.717) is 0 Å². The zero-order valence-electron chi connectivity index (χ0n) is 17.1. The Morgan fingerprint density at radius 3 is 2.52 bits per heavy atom. The molecule has 0 saturated carbocycles. The van der Waals surface area contributed by atoms with E-state index in [1.807, 2.05) is 12.1 Å². The number of benzene rings is 1. The molecule has 2 aliphatic heterocycles. The zero-order chi connectivity index (χ0) is 19.1. The lowest BCUT2D eigenvalue weighted by Crippen LogP contribution is -2.45. The molecule has 0 bridgehead atoms. The lowest BCUT2D eigenvalue weighted by molar-refractivity contribution is 0.0949. The van der Waals surface area contributed by atoms with Crippen molar-refractivity contribution < 1.29 is 4.79 Å². The molecule has 5 nitrogen and oxygen atoms in total. The van der Waals surface area contributed by atoms with E-state index in [4.69, 9.17) is 0 Å². The highest BCUT2D eigenvalue weighted by Crippen LogP contribution is 2.18. The Bertz CT molecular complexity index is 580. The number of rotatable bonds is 7. The van der Waals surface area contributed by atoms with Crippen LogP contribution in [0.5, 0.6) is 0 Å². The van der Waals surface area contributed by atoms with Crippen LogP contribution in [0.2, 0.25) is 0 Å². The molecule has 0 aromatic heterocycles. The van der Waals surface area contributed by atoms with Gasteiger partial charge in [-0.05, 0) is 63.0 Å². The highest BCUT2D eigenvalue weighted by molar-refractivity contribution is 5.94. The first-order chi connectivity index (χ1) is 13.1. The number of hydrogen-bond acceptors (Lipinski definition) is 4. The van der Waals surface area contributed by atoms with Crippen LogP contribution in [0.3, 0.4) is 0 Å². The summed E-state index contributed by atoms with van der Waals surface area (Å²) in [4.78, 5) is 19.7. The van der Waals surface area contributed by atoms with Crippen molar-refractivity contribution in [2.75, 3.05) is 59.4 Å². The third-order valence-electron chi connectivity index (χ3n) is 5.90. The minimum Gasteiger partial charge on any atom is -0.352 e. The Morgan fingerprint density at radius 2 is 1.81 bits per heavy atom. The van der Waals surface area contributed by atoms with E-state index in [9.17, 15) is 4.79 Å². The zero-order valence-corrected chi connectivity index (χ0v) is 17.1. The first-order valence-corrected chi connectivity index (χ1v) is 10.6. The van der Waals surface area contributed by atoms with Crippen molar-refractivity contribution in [1.29, 1.82) is 0 Å². The predicted octanol–water partition coefficient (Wildman–Crippen LogP) is 2.29. The summed E-state index contributed by atoms with van der Waals surface area (Å²) in [6, 6.07) is 8.16. The molecule has 5 heteroatoms. The number of hydrogen-bond donors (Lipinski definition) is 1. The smallest absolute Gasteiger partial charge is 0.251 e. The van der Waals surface area contributed by atoms with E-state index in [1.165, 1.54) is 31.5 Å². The second-order valence-corrected chi connectivity index (χ2v) is 8.43. The van der Waals surface area contributed by atoms with Gasteiger partial charge in [-0.1, -0.05) is 19.1 Å². The van der Waals surface area contributed by atoms with Gasteiger partial charge in [0.2, 0.25) is 0 Å². The van der Waals surface area contributed by atoms with Crippen LogP contribution in [0.1, 0.15) is 42.1 Å². The topological polar surface area (TPSA) is 38.8 Å². The van der Waals surface area contributed by atoms with Crippen molar-refractivity contribution in [1.82, 2.24) is 20.0 Å². The van der Waals surface area contributed by atoms with Gasteiger partial charge in [0.25, 0.3) is 5.91 Å². The van der Waals surface area contributed by atoms with Crippen molar-refractivity contribution >= 4 is 5.91 Å². The number of likely N-dealkylation sites (tertiary alicyclic amines) is 1. The summed E-state index contributed by atoms with van der Waals surface area (Å²) in [5, 5.41) is 3.07. The quantitative estimate of drug-likeness (QED) is 0.746. The molecule has 27 heavy (non-hydrogen) atoms. The first-order valence-electron chi connectivity index (χ1n) is 10.6. The van der Waals surface area contributed by atoms with Crippen molar-refractivity contribution in [2.24, 2.45) is 5.92 Å². The van der Waals surface area contributed by atoms with Crippen LogP contribution in [-0.4, -0.2) is 80.0 Å². The van der Waals surface area contributed by atoms with Crippen LogP contribution >= 0.6 is 0 Å². The minimum absolute atomic E-state index is 0.0477.